The fourth-order valence-corrected chi connectivity index (χ4v) is 3.32. The molecule has 0 aliphatic carbocycles. The standard InChI is InChI=1S/C16H18N2OS/c1-11-6-12(2)8-13(7-11)16(3,19)9-14-10-18-4-5-20-15(18)17-14/h4-8,10,19H,9H2,1-3H3. The van der Waals surface area contributed by atoms with E-state index in [2.05, 4.69) is 24.9 Å². The molecule has 20 heavy (non-hydrogen) atoms. The summed E-state index contributed by atoms with van der Waals surface area (Å²) in [5.41, 5.74) is 3.31. The van der Waals surface area contributed by atoms with E-state index in [1.165, 1.54) is 11.1 Å². The fourth-order valence-electron chi connectivity index (χ4n) is 2.60. The van der Waals surface area contributed by atoms with Gasteiger partial charge < -0.3 is 5.11 Å². The second kappa shape index (κ2) is 4.72. The number of fused-ring (bicyclic) bond motifs is 1. The first-order valence-electron chi connectivity index (χ1n) is 6.66. The molecule has 0 aliphatic rings. The third-order valence-electron chi connectivity index (χ3n) is 3.51. The second-order valence-corrected chi connectivity index (χ2v) is 6.53. The van der Waals surface area contributed by atoms with Crippen molar-refractivity contribution in [1.82, 2.24) is 9.38 Å². The number of hydrogen-bond acceptors (Lipinski definition) is 3. The molecular weight excluding hydrogens is 268 g/mol. The van der Waals surface area contributed by atoms with E-state index in [9.17, 15) is 5.11 Å². The lowest BCUT2D eigenvalue weighted by Gasteiger charge is -2.24. The molecule has 0 spiro atoms. The van der Waals surface area contributed by atoms with E-state index in [1.54, 1.807) is 11.3 Å². The average molecular weight is 286 g/mol. The van der Waals surface area contributed by atoms with E-state index in [1.807, 2.05) is 41.2 Å². The van der Waals surface area contributed by atoms with Gasteiger partial charge in [0.25, 0.3) is 0 Å². The minimum Gasteiger partial charge on any atom is -0.385 e. The van der Waals surface area contributed by atoms with Crippen LogP contribution in [0.2, 0.25) is 0 Å². The van der Waals surface area contributed by atoms with Gasteiger partial charge in [-0.25, -0.2) is 4.98 Å². The number of aliphatic hydroxyl groups is 1. The number of nitrogens with zero attached hydrogens (tertiary/aromatic N) is 2. The fraction of sp³-hybridized carbons (Fsp3) is 0.312. The van der Waals surface area contributed by atoms with Crippen LogP contribution in [0.25, 0.3) is 4.96 Å². The molecule has 0 aliphatic heterocycles. The zero-order valence-corrected chi connectivity index (χ0v) is 12.7. The van der Waals surface area contributed by atoms with E-state index >= 15 is 0 Å². The minimum absolute atomic E-state index is 0.518. The Bertz CT molecular complexity index is 706. The van der Waals surface area contributed by atoms with Crippen molar-refractivity contribution in [3.05, 3.63) is 58.4 Å². The Morgan fingerprint density at radius 1 is 1.25 bits per heavy atom. The molecule has 2 aromatic heterocycles. The first kappa shape index (κ1) is 13.3. The lowest BCUT2D eigenvalue weighted by Crippen LogP contribution is -2.24. The molecule has 0 radical (unpaired) electrons. The molecule has 4 heteroatoms. The zero-order valence-electron chi connectivity index (χ0n) is 11.9. The van der Waals surface area contributed by atoms with E-state index in [4.69, 9.17) is 0 Å². The third kappa shape index (κ3) is 2.49. The van der Waals surface area contributed by atoms with Gasteiger partial charge in [0.15, 0.2) is 4.96 Å². The van der Waals surface area contributed by atoms with Crippen molar-refractivity contribution in [2.45, 2.75) is 32.8 Å². The highest BCUT2D eigenvalue weighted by Gasteiger charge is 2.25. The van der Waals surface area contributed by atoms with Gasteiger partial charge in [-0.05, 0) is 26.3 Å². The molecule has 1 atom stereocenters. The lowest BCUT2D eigenvalue weighted by molar-refractivity contribution is 0.0566. The van der Waals surface area contributed by atoms with Crippen molar-refractivity contribution < 1.29 is 5.11 Å². The van der Waals surface area contributed by atoms with Crippen LogP contribution in [0.5, 0.6) is 0 Å². The monoisotopic (exact) mass is 286 g/mol. The average Bonchev–Trinajstić information content (AvgIpc) is 2.87. The summed E-state index contributed by atoms with van der Waals surface area (Å²) < 4.78 is 2.00. The molecule has 3 rings (SSSR count). The number of aryl methyl sites for hydroxylation is 2. The number of imidazole rings is 1. The van der Waals surface area contributed by atoms with Crippen LogP contribution >= 0.6 is 11.3 Å². The Morgan fingerprint density at radius 3 is 2.60 bits per heavy atom. The van der Waals surface area contributed by atoms with Crippen molar-refractivity contribution in [2.24, 2.45) is 0 Å². The molecule has 0 amide bonds. The maximum atomic E-state index is 10.8. The Kier molecular flexibility index (Phi) is 3.15. The molecule has 0 bridgehead atoms. The van der Waals surface area contributed by atoms with Crippen molar-refractivity contribution in [1.29, 1.82) is 0 Å². The second-order valence-electron chi connectivity index (χ2n) is 5.65. The SMILES string of the molecule is Cc1cc(C)cc(C(C)(O)Cc2cn3ccsc3n2)c1. The minimum atomic E-state index is -0.902. The highest BCUT2D eigenvalue weighted by Crippen LogP contribution is 2.27. The topological polar surface area (TPSA) is 37.5 Å². The van der Waals surface area contributed by atoms with Gasteiger partial charge in [0, 0.05) is 24.2 Å². The van der Waals surface area contributed by atoms with Gasteiger partial charge in [0.1, 0.15) is 0 Å². The predicted octanol–water partition coefficient (Wildman–Crippen LogP) is 3.46. The Hall–Kier alpha value is -1.65. The Balaban J connectivity index is 1.92. The van der Waals surface area contributed by atoms with Crippen molar-refractivity contribution >= 4 is 16.3 Å². The summed E-state index contributed by atoms with van der Waals surface area (Å²) >= 11 is 1.61. The van der Waals surface area contributed by atoms with Gasteiger partial charge in [0.05, 0.1) is 11.3 Å². The smallest absolute Gasteiger partial charge is 0.193 e. The summed E-state index contributed by atoms with van der Waals surface area (Å²) in [6, 6.07) is 6.21. The molecule has 1 unspecified atom stereocenters. The van der Waals surface area contributed by atoms with Crippen molar-refractivity contribution in [3.63, 3.8) is 0 Å². The van der Waals surface area contributed by atoms with Crippen LogP contribution in [0.3, 0.4) is 0 Å². The van der Waals surface area contributed by atoms with Gasteiger partial charge in [0.2, 0.25) is 0 Å². The lowest BCUT2D eigenvalue weighted by atomic mass is 9.89. The predicted molar refractivity (Wildman–Crippen MR) is 82.3 cm³/mol. The van der Waals surface area contributed by atoms with Crippen LogP contribution < -0.4 is 0 Å². The van der Waals surface area contributed by atoms with Crippen molar-refractivity contribution in [2.75, 3.05) is 0 Å². The maximum absolute atomic E-state index is 10.8. The Labute approximate surface area is 122 Å². The molecule has 0 fully saturated rings. The zero-order chi connectivity index (χ0) is 14.3. The largest absolute Gasteiger partial charge is 0.385 e. The summed E-state index contributed by atoms with van der Waals surface area (Å²) in [7, 11) is 0. The van der Waals surface area contributed by atoms with E-state index in [-0.39, 0.29) is 0 Å². The molecule has 1 N–H and O–H groups in total. The molecule has 3 nitrogen and oxygen atoms in total. The maximum Gasteiger partial charge on any atom is 0.193 e. The number of aromatic nitrogens is 2. The summed E-state index contributed by atoms with van der Waals surface area (Å²) in [4.78, 5) is 5.52. The molecular formula is C16H18N2OS. The molecule has 104 valence electrons. The van der Waals surface area contributed by atoms with Crippen molar-refractivity contribution in [3.8, 4) is 0 Å². The highest BCUT2D eigenvalue weighted by atomic mass is 32.1. The van der Waals surface area contributed by atoms with Crippen LogP contribution in [0.4, 0.5) is 0 Å². The van der Waals surface area contributed by atoms with Crippen LogP contribution in [0.15, 0.2) is 36.0 Å². The highest BCUT2D eigenvalue weighted by molar-refractivity contribution is 7.15. The van der Waals surface area contributed by atoms with Gasteiger partial charge in [-0.1, -0.05) is 29.3 Å². The molecule has 2 heterocycles. The van der Waals surface area contributed by atoms with E-state index in [0.29, 0.717) is 6.42 Å². The van der Waals surface area contributed by atoms with Crippen LogP contribution in [-0.2, 0) is 12.0 Å². The molecule has 1 aromatic carbocycles. The van der Waals surface area contributed by atoms with Gasteiger partial charge in [-0.3, -0.25) is 4.40 Å². The summed E-state index contributed by atoms with van der Waals surface area (Å²) in [5.74, 6) is 0. The first-order chi connectivity index (χ1) is 9.44. The van der Waals surface area contributed by atoms with E-state index < -0.39 is 5.60 Å². The summed E-state index contributed by atoms with van der Waals surface area (Å²) in [6.07, 6.45) is 4.50. The number of hydrogen-bond donors (Lipinski definition) is 1. The Morgan fingerprint density at radius 2 is 1.95 bits per heavy atom. The third-order valence-corrected chi connectivity index (χ3v) is 4.28. The summed E-state index contributed by atoms with van der Waals surface area (Å²) in [6.45, 7) is 5.97. The number of benzene rings is 1. The van der Waals surface area contributed by atoms with Gasteiger partial charge in [-0.15, -0.1) is 11.3 Å². The number of rotatable bonds is 3. The van der Waals surface area contributed by atoms with Crippen LogP contribution in [-0.4, -0.2) is 14.5 Å². The molecule has 0 saturated heterocycles. The quantitative estimate of drug-likeness (QED) is 0.800. The van der Waals surface area contributed by atoms with Gasteiger partial charge in [-0.2, -0.15) is 0 Å². The summed E-state index contributed by atoms with van der Waals surface area (Å²) in [5, 5.41) is 12.8. The van der Waals surface area contributed by atoms with Gasteiger partial charge >= 0.3 is 0 Å². The molecule has 0 saturated carbocycles. The number of thiazole rings is 1. The normalized spacial score (nSPS) is 14.6. The van der Waals surface area contributed by atoms with Crippen LogP contribution in [0, 0.1) is 13.8 Å². The van der Waals surface area contributed by atoms with E-state index in [0.717, 1.165) is 16.2 Å². The van der Waals surface area contributed by atoms with Crippen LogP contribution in [0.1, 0.15) is 29.3 Å². The molecule has 3 aromatic rings. The first-order valence-corrected chi connectivity index (χ1v) is 7.54.